The molecule has 0 atom stereocenters. The fraction of sp³-hybridized carbons (Fsp3) is 0.357. The molecule has 2 aromatic rings. The Hall–Kier alpha value is -2.41. The van der Waals surface area contributed by atoms with Gasteiger partial charge in [0.25, 0.3) is 5.91 Å². The second-order valence-corrected chi connectivity index (χ2v) is 4.79. The minimum atomic E-state index is -0.368. The molecule has 1 aromatic carbocycles. The fourth-order valence-electron chi connectivity index (χ4n) is 1.58. The standard InChI is InChI=1S/C14H18N4O3/c1-9(2)13-17-18-14(21-13)16-12(19)8-20-11-5-3-4-10(6-11)7-15/h3-6,9H,7-8,15H2,1-2H3,(H,16,18,19). The zero-order valence-electron chi connectivity index (χ0n) is 12.0. The minimum absolute atomic E-state index is 0.0722. The summed E-state index contributed by atoms with van der Waals surface area (Å²) < 4.78 is 10.7. The first kappa shape index (κ1) is 15.0. The van der Waals surface area contributed by atoms with Crippen LogP contribution < -0.4 is 15.8 Å². The molecule has 112 valence electrons. The van der Waals surface area contributed by atoms with Gasteiger partial charge in [0.2, 0.25) is 5.89 Å². The lowest BCUT2D eigenvalue weighted by molar-refractivity contribution is -0.118. The van der Waals surface area contributed by atoms with E-state index in [1.807, 2.05) is 26.0 Å². The van der Waals surface area contributed by atoms with E-state index in [1.165, 1.54) is 0 Å². The summed E-state index contributed by atoms with van der Waals surface area (Å²) in [5.41, 5.74) is 6.48. The van der Waals surface area contributed by atoms with Crippen molar-refractivity contribution < 1.29 is 13.9 Å². The van der Waals surface area contributed by atoms with Gasteiger partial charge in [0.15, 0.2) is 6.61 Å². The molecule has 0 aliphatic carbocycles. The number of nitrogens with zero attached hydrogens (tertiary/aromatic N) is 2. The van der Waals surface area contributed by atoms with Crippen LogP contribution in [0.2, 0.25) is 0 Å². The number of rotatable bonds is 6. The van der Waals surface area contributed by atoms with Gasteiger partial charge in [-0.25, -0.2) is 0 Å². The number of carbonyl (C=O) groups is 1. The highest BCUT2D eigenvalue weighted by Gasteiger charge is 2.12. The van der Waals surface area contributed by atoms with Crippen LogP contribution in [0.3, 0.4) is 0 Å². The molecule has 0 saturated heterocycles. The number of nitrogens with two attached hydrogens (primary N) is 1. The lowest BCUT2D eigenvalue weighted by Crippen LogP contribution is -2.20. The Morgan fingerprint density at radius 3 is 2.90 bits per heavy atom. The molecule has 1 amide bonds. The molecule has 0 bridgehead atoms. The van der Waals surface area contributed by atoms with Crippen molar-refractivity contribution in [3.05, 3.63) is 35.7 Å². The molecular formula is C14H18N4O3. The molecule has 0 aliphatic rings. The predicted octanol–water partition coefficient (Wildman–Crippen LogP) is 1.67. The zero-order valence-corrected chi connectivity index (χ0v) is 12.0. The fourth-order valence-corrected chi connectivity index (χ4v) is 1.58. The maximum absolute atomic E-state index is 11.7. The van der Waals surface area contributed by atoms with Gasteiger partial charge in [0.05, 0.1) is 0 Å². The number of nitrogens with one attached hydrogen (secondary N) is 1. The largest absolute Gasteiger partial charge is 0.484 e. The van der Waals surface area contributed by atoms with Crippen molar-refractivity contribution in [2.75, 3.05) is 11.9 Å². The van der Waals surface area contributed by atoms with Crippen LogP contribution in [0.5, 0.6) is 5.75 Å². The maximum Gasteiger partial charge on any atom is 0.322 e. The van der Waals surface area contributed by atoms with Crippen LogP contribution in [0.25, 0.3) is 0 Å². The summed E-state index contributed by atoms with van der Waals surface area (Å²) in [6.45, 7) is 4.12. The van der Waals surface area contributed by atoms with Crippen molar-refractivity contribution in [3.63, 3.8) is 0 Å². The van der Waals surface area contributed by atoms with Gasteiger partial charge in [-0.2, -0.15) is 0 Å². The molecule has 1 aromatic heterocycles. The molecule has 2 rings (SSSR count). The molecular weight excluding hydrogens is 272 g/mol. The molecule has 0 unspecified atom stereocenters. The van der Waals surface area contributed by atoms with E-state index in [-0.39, 0.29) is 24.4 Å². The summed E-state index contributed by atoms with van der Waals surface area (Å²) in [4.78, 5) is 11.7. The second kappa shape index (κ2) is 6.85. The van der Waals surface area contributed by atoms with Crippen LogP contribution >= 0.6 is 0 Å². The topological polar surface area (TPSA) is 103 Å². The summed E-state index contributed by atoms with van der Waals surface area (Å²) in [5, 5.41) is 10.0. The van der Waals surface area contributed by atoms with Crippen molar-refractivity contribution in [2.45, 2.75) is 26.3 Å². The van der Waals surface area contributed by atoms with E-state index in [9.17, 15) is 4.79 Å². The Bertz CT molecular complexity index is 610. The average molecular weight is 290 g/mol. The minimum Gasteiger partial charge on any atom is -0.484 e. The van der Waals surface area contributed by atoms with E-state index in [1.54, 1.807) is 12.1 Å². The first-order valence-electron chi connectivity index (χ1n) is 6.63. The van der Waals surface area contributed by atoms with Gasteiger partial charge in [-0.3, -0.25) is 10.1 Å². The van der Waals surface area contributed by atoms with Gasteiger partial charge < -0.3 is 14.9 Å². The number of hydrogen-bond acceptors (Lipinski definition) is 6. The molecule has 0 spiro atoms. The Kier molecular flexibility index (Phi) is 4.89. The van der Waals surface area contributed by atoms with Gasteiger partial charge >= 0.3 is 6.01 Å². The van der Waals surface area contributed by atoms with Gasteiger partial charge in [0, 0.05) is 12.5 Å². The van der Waals surface area contributed by atoms with Crippen LogP contribution in [0, 0.1) is 0 Å². The lowest BCUT2D eigenvalue weighted by Gasteiger charge is -2.06. The summed E-state index contributed by atoms with van der Waals surface area (Å²) >= 11 is 0. The predicted molar refractivity (Wildman–Crippen MR) is 76.8 cm³/mol. The quantitative estimate of drug-likeness (QED) is 0.838. The van der Waals surface area contributed by atoms with Crippen LogP contribution in [0.4, 0.5) is 6.01 Å². The molecule has 0 fully saturated rings. The number of hydrogen-bond donors (Lipinski definition) is 2. The SMILES string of the molecule is CC(C)c1nnc(NC(=O)COc2cccc(CN)c2)o1. The molecule has 0 aliphatic heterocycles. The smallest absolute Gasteiger partial charge is 0.322 e. The summed E-state index contributed by atoms with van der Waals surface area (Å²) in [6.07, 6.45) is 0. The van der Waals surface area contributed by atoms with Crippen LogP contribution in [-0.2, 0) is 11.3 Å². The van der Waals surface area contributed by atoms with Crippen molar-refractivity contribution >= 4 is 11.9 Å². The molecule has 3 N–H and O–H groups in total. The monoisotopic (exact) mass is 290 g/mol. The van der Waals surface area contributed by atoms with E-state index in [0.29, 0.717) is 18.2 Å². The van der Waals surface area contributed by atoms with E-state index in [2.05, 4.69) is 15.5 Å². The Morgan fingerprint density at radius 2 is 2.24 bits per heavy atom. The van der Waals surface area contributed by atoms with Gasteiger partial charge in [-0.1, -0.05) is 31.1 Å². The van der Waals surface area contributed by atoms with Gasteiger partial charge in [0.1, 0.15) is 5.75 Å². The van der Waals surface area contributed by atoms with Crippen LogP contribution in [0.1, 0.15) is 31.2 Å². The lowest BCUT2D eigenvalue weighted by atomic mass is 10.2. The molecule has 0 saturated carbocycles. The van der Waals surface area contributed by atoms with Crippen LogP contribution in [-0.4, -0.2) is 22.7 Å². The summed E-state index contributed by atoms with van der Waals surface area (Å²) in [6, 6.07) is 7.33. The van der Waals surface area contributed by atoms with E-state index in [4.69, 9.17) is 14.9 Å². The zero-order chi connectivity index (χ0) is 15.2. The number of ether oxygens (including phenoxy) is 1. The third kappa shape index (κ3) is 4.28. The van der Waals surface area contributed by atoms with Crippen molar-refractivity contribution in [2.24, 2.45) is 5.73 Å². The van der Waals surface area contributed by atoms with Crippen molar-refractivity contribution in [3.8, 4) is 5.75 Å². The van der Waals surface area contributed by atoms with E-state index >= 15 is 0 Å². The number of amides is 1. The third-order valence-corrected chi connectivity index (χ3v) is 2.68. The Balaban J connectivity index is 1.86. The van der Waals surface area contributed by atoms with Crippen LogP contribution in [0.15, 0.2) is 28.7 Å². The number of anilines is 1. The molecule has 7 nitrogen and oxygen atoms in total. The van der Waals surface area contributed by atoms with Crippen molar-refractivity contribution in [1.82, 2.24) is 10.2 Å². The highest BCUT2D eigenvalue weighted by Crippen LogP contribution is 2.15. The molecule has 7 heteroatoms. The molecule has 1 heterocycles. The van der Waals surface area contributed by atoms with E-state index < -0.39 is 0 Å². The first-order valence-corrected chi connectivity index (χ1v) is 6.63. The summed E-state index contributed by atoms with van der Waals surface area (Å²) in [7, 11) is 0. The molecule has 21 heavy (non-hydrogen) atoms. The molecule has 0 radical (unpaired) electrons. The highest BCUT2D eigenvalue weighted by molar-refractivity contribution is 5.89. The normalized spacial score (nSPS) is 10.7. The third-order valence-electron chi connectivity index (χ3n) is 2.68. The second-order valence-electron chi connectivity index (χ2n) is 4.79. The Labute approximate surface area is 122 Å². The highest BCUT2D eigenvalue weighted by atomic mass is 16.5. The Morgan fingerprint density at radius 1 is 1.43 bits per heavy atom. The van der Waals surface area contributed by atoms with E-state index in [0.717, 1.165) is 5.56 Å². The number of aromatic nitrogens is 2. The van der Waals surface area contributed by atoms with Gasteiger partial charge in [-0.05, 0) is 17.7 Å². The maximum atomic E-state index is 11.7. The van der Waals surface area contributed by atoms with Crippen molar-refractivity contribution in [1.29, 1.82) is 0 Å². The number of benzene rings is 1. The average Bonchev–Trinajstić information content (AvgIpc) is 2.94. The number of carbonyl (C=O) groups excluding carboxylic acids is 1. The first-order chi connectivity index (χ1) is 10.1. The summed E-state index contributed by atoms with van der Waals surface area (Å²) in [5.74, 6) is 0.800. The van der Waals surface area contributed by atoms with Gasteiger partial charge in [-0.15, -0.1) is 5.10 Å².